The van der Waals surface area contributed by atoms with E-state index in [1.54, 1.807) is 6.07 Å². The summed E-state index contributed by atoms with van der Waals surface area (Å²) >= 11 is 1.25. The van der Waals surface area contributed by atoms with E-state index < -0.39 is 6.36 Å². The second-order valence-electron chi connectivity index (χ2n) is 4.32. The van der Waals surface area contributed by atoms with Gasteiger partial charge in [-0.2, -0.15) is 5.26 Å². The van der Waals surface area contributed by atoms with Crippen LogP contribution in [0.4, 0.5) is 13.2 Å². The summed E-state index contributed by atoms with van der Waals surface area (Å²) in [4.78, 5) is 16.3. The van der Waals surface area contributed by atoms with E-state index in [9.17, 15) is 18.0 Å². The number of nitriles is 1. The number of benzene rings is 1. The molecule has 1 heterocycles. The van der Waals surface area contributed by atoms with Crippen molar-refractivity contribution in [1.82, 2.24) is 10.3 Å². The number of alkyl halides is 3. The molecule has 2 aromatic rings. The third-order valence-corrected chi connectivity index (χ3v) is 3.63. The number of hydrogen-bond acceptors (Lipinski definition) is 5. The molecule has 0 atom stereocenters. The van der Waals surface area contributed by atoms with E-state index in [1.807, 2.05) is 0 Å². The Kier molecular flexibility index (Phi) is 5.18. The van der Waals surface area contributed by atoms with Crippen molar-refractivity contribution in [3.8, 4) is 22.4 Å². The van der Waals surface area contributed by atoms with E-state index in [0.29, 0.717) is 15.4 Å². The number of thiazole rings is 1. The lowest BCUT2D eigenvalue weighted by atomic mass is 10.2. The molecule has 2 rings (SSSR count). The summed E-state index contributed by atoms with van der Waals surface area (Å²) in [5, 5.41) is 11.4. The summed E-state index contributed by atoms with van der Waals surface area (Å²) in [6, 6.07) is 7.11. The highest BCUT2D eigenvalue weighted by Gasteiger charge is 2.30. The van der Waals surface area contributed by atoms with Gasteiger partial charge in [-0.05, 0) is 24.3 Å². The maximum absolute atomic E-state index is 12.1. The molecule has 0 fully saturated rings. The zero-order valence-electron chi connectivity index (χ0n) is 11.6. The molecule has 1 aromatic carbocycles. The van der Waals surface area contributed by atoms with E-state index in [4.69, 9.17) is 5.26 Å². The highest BCUT2D eigenvalue weighted by Crippen LogP contribution is 2.29. The van der Waals surface area contributed by atoms with Crippen LogP contribution in [-0.4, -0.2) is 23.8 Å². The van der Waals surface area contributed by atoms with Gasteiger partial charge in [-0.15, -0.1) is 24.5 Å². The number of aromatic nitrogens is 1. The molecule has 23 heavy (non-hydrogen) atoms. The Morgan fingerprint density at radius 1 is 1.35 bits per heavy atom. The van der Waals surface area contributed by atoms with Crippen LogP contribution in [0.3, 0.4) is 0 Å². The molecule has 1 N–H and O–H groups in total. The summed E-state index contributed by atoms with van der Waals surface area (Å²) in [5.74, 6) is -0.607. The molecule has 0 unspecified atom stereocenters. The highest BCUT2D eigenvalue weighted by atomic mass is 32.1. The minimum atomic E-state index is -4.73. The SMILES string of the molecule is N#CCNC(=O)Cc1cnc(-c2ccc(OC(F)(F)F)cc2)s1. The summed E-state index contributed by atoms with van der Waals surface area (Å²) in [7, 11) is 0. The summed E-state index contributed by atoms with van der Waals surface area (Å²) in [5.41, 5.74) is 0.619. The molecular weight excluding hydrogens is 331 g/mol. The van der Waals surface area contributed by atoms with Gasteiger partial charge in [-0.1, -0.05) is 0 Å². The second-order valence-corrected chi connectivity index (χ2v) is 5.43. The van der Waals surface area contributed by atoms with Crippen LogP contribution in [0.5, 0.6) is 5.75 Å². The normalized spacial score (nSPS) is 10.9. The fraction of sp³-hybridized carbons (Fsp3) is 0.214. The van der Waals surface area contributed by atoms with Gasteiger partial charge in [-0.25, -0.2) is 4.98 Å². The van der Waals surface area contributed by atoms with Gasteiger partial charge in [0, 0.05) is 16.6 Å². The minimum absolute atomic E-state index is 0.0643. The number of halogens is 3. The zero-order valence-corrected chi connectivity index (χ0v) is 12.4. The Balaban J connectivity index is 2.03. The lowest BCUT2D eigenvalue weighted by Crippen LogP contribution is -2.24. The first-order valence-electron chi connectivity index (χ1n) is 6.32. The summed E-state index contributed by atoms with van der Waals surface area (Å²) in [6.45, 7) is -0.0643. The van der Waals surface area contributed by atoms with Crippen LogP contribution in [0, 0.1) is 11.3 Å². The third kappa shape index (κ3) is 5.27. The van der Waals surface area contributed by atoms with E-state index in [1.165, 1.54) is 41.8 Å². The monoisotopic (exact) mass is 341 g/mol. The molecule has 0 spiro atoms. The molecule has 0 aliphatic carbocycles. The largest absolute Gasteiger partial charge is 0.573 e. The molecule has 0 aliphatic rings. The second kappa shape index (κ2) is 7.11. The van der Waals surface area contributed by atoms with Crippen LogP contribution in [0.2, 0.25) is 0 Å². The number of hydrogen-bond donors (Lipinski definition) is 1. The first-order chi connectivity index (χ1) is 10.9. The molecule has 0 aliphatic heterocycles. The molecule has 1 aromatic heterocycles. The van der Waals surface area contributed by atoms with Gasteiger partial charge < -0.3 is 10.1 Å². The van der Waals surface area contributed by atoms with Gasteiger partial charge in [-0.3, -0.25) is 4.79 Å². The van der Waals surface area contributed by atoms with Crippen molar-refractivity contribution < 1.29 is 22.7 Å². The van der Waals surface area contributed by atoms with E-state index in [-0.39, 0.29) is 24.6 Å². The van der Waals surface area contributed by atoms with Crippen molar-refractivity contribution >= 4 is 17.2 Å². The standard InChI is InChI=1S/C14H10F3N3O2S/c15-14(16,17)22-10-3-1-9(2-4-10)13-20-8-11(23-13)7-12(21)19-6-5-18/h1-4,8H,6-7H2,(H,19,21). The molecule has 0 radical (unpaired) electrons. The smallest absolute Gasteiger partial charge is 0.406 e. The molecule has 0 bridgehead atoms. The Labute approximate surface area is 133 Å². The molecule has 9 heteroatoms. The van der Waals surface area contributed by atoms with Crippen molar-refractivity contribution in [3.05, 3.63) is 35.3 Å². The van der Waals surface area contributed by atoms with Gasteiger partial charge >= 0.3 is 6.36 Å². The van der Waals surface area contributed by atoms with Gasteiger partial charge in [0.25, 0.3) is 0 Å². The lowest BCUT2D eigenvalue weighted by molar-refractivity contribution is -0.274. The van der Waals surface area contributed by atoms with Crippen LogP contribution < -0.4 is 10.1 Å². The number of ether oxygens (including phenoxy) is 1. The lowest BCUT2D eigenvalue weighted by Gasteiger charge is -2.08. The van der Waals surface area contributed by atoms with Crippen LogP contribution in [0.15, 0.2) is 30.5 Å². The third-order valence-electron chi connectivity index (χ3n) is 2.59. The summed E-state index contributed by atoms with van der Waals surface area (Å²) < 4.78 is 40.1. The van der Waals surface area contributed by atoms with Crippen molar-refractivity contribution in [2.45, 2.75) is 12.8 Å². The summed E-state index contributed by atoms with van der Waals surface area (Å²) in [6.07, 6.45) is -3.12. The van der Waals surface area contributed by atoms with Crippen molar-refractivity contribution in [1.29, 1.82) is 5.26 Å². The molecule has 5 nitrogen and oxygen atoms in total. The number of carbonyl (C=O) groups excluding carboxylic acids is 1. The van der Waals surface area contributed by atoms with Gasteiger partial charge in [0.1, 0.15) is 17.3 Å². The number of nitrogens with one attached hydrogen (secondary N) is 1. The predicted octanol–water partition coefficient (Wildman–Crippen LogP) is 2.89. The maximum atomic E-state index is 12.1. The van der Waals surface area contributed by atoms with Gasteiger partial charge in [0.2, 0.25) is 5.91 Å². The first-order valence-corrected chi connectivity index (χ1v) is 7.13. The molecule has 120 valence electrons. The molecule has 0 saturated carbocycles. The Morgan fingerprint density at radius 3 is 2.65 bits per heavy atom. The Bertz CT molecular complexity index is 720. The highest BCUT2D eigenvalue weighted by molar-refractivity contribution is 7.15. The number of amides is 1. The van der Waals surface area contributed by atoms with Gasteiger partial charge in [0.15, 0.2) is 0 Å². The van der Waals surface area contributed by atoms with E-state index in [2.05, 4.69) is 15.0 Å². The number of nitrogens with zero attached hydrogens (tertiary/aromatic N) is 2. The zero-order chi connectivity index (χ0) is 16.9. The van der Waals surface area contributed by atoms with Crippen molar-refractivity contribution in [2.24, 2.45) is 0 Å². The van der Waals surface area contributed by atoms with Crippen LogP contribution in [0.25, 0.3) is 10.6 Å². The number of rotatable bonds is 5. The van der Waals surface area contributed by atoms with Crippen LogP contribution in [0.1, 0.15) is 4.88 Å². The van der Waals surface area contributed by atoms with Crippen LogP contribution in [-0.2, 0) is 11.2 Å². The predicted molar refractivity (Wildman–Crippen MR) is 76.6 cm³/mol. The van der Waals surface area contributed by atoms with E-state index in [0.717, 1.165) is 0 Å². The average Bonchev–Trinajstić information content (AvgIpc) is 2.92. The molecular formula is C14H10F3N3O2S. The quantitative estimate of drug-likeness (QED) is 0.849. The molecule has 1 amide bonds. The topological polar surface area (TPSA) is 75.0 Å². The minimum Gasteiger partial charge on any atom is -0.406 e. The van der Waals surface area contributed by atoms with Crippen molar-refractivity contribution in [2.75, 3.05) is 6.54 Å². The fourth-order valence-corrected chi connectivity index (χ4v) is 2.60. The fourth-order valence-electron chi connectivity index (χ4n) is 1.68. The molecule has 0 saturated heterocycles. The maximum Gasteiger partial charge on any atom is 0.573 e. The van der Waals surface area contributed by atoms with Gasteiger partial charge in [0.05, 0.1) is 12.5 Å². The van der Waals surface area contributed by atoms with E-state index >= 15 is 0 Å². The Morgan fingerprint density at radius 2 is 2.04 bits per heavy atom. The number of carbonyl (C=O) groups is 1. The Hall–Kier alpha value is -2.60. The average molecular weight is 341 g/mol. The van der Waals surface area contributed by atoms with Crippen molar-refractivity contribution in [3.63, 3.8) is 0 Å². The van der Waals surface area contributed by atoms with Crippen LogP contribution >= 0.6 is 11.3 Å². The first kappa shape index (κ1) is 16.8.